The Hall–Kier alpha value is -1.59. The lowest BCUT2D eigenvalue weighted by molar-refractivity contribution is -0.117. The summed E-state index contributed by atoms with van der Waals surface area (Å²) in [5, 5.41) is 0. The first-order valence-corrected chi connectivity index (χ1v) is 5.11. The van der Waals surface area contributed by atoms with Crippen LogP contribution in [0.1, 0.15) is 5.76 Å². The molecule has 0 aromatic carbocycles. The molecule has 1 unspecified atom stereocenters. The van der Waals surface area contributed by atoms with Gasteiger partial charge in [0.05, 0.1) is 11.1 Å². The molecule has 2 rings (SSSR count). The molecule has 4 nitrogen and oxygen atoms in total. The maximum absolute atomic E-state index is 11.7. The predicted octanol–water partition coefficient (Wildman–Crippen LogP) is 0.597. The van der Waals surface area contributed by atoms with E-state index in [1.165, 1.54) is 12.3 Å². The van der Waals surface area contributed by atoms with Crippen LogP contribution in [-0.4, -0.2) is 22.5 Å². The lowest BCUT2D eigenvalue weighted by atomic mass is 9.91. The van der Waals surface area contributed by atoms with Crippen LogP contribution in [0.3, 0.4) is 0 Å². The molecular weight excluding hydrogens is 226 g/mol. The largest absolute Gasteiger partial charge is 0.469 e. The van der Waals surface area contributed by atoms with E-state index in [0.29, 0.717) is 11.3 Å². The third kappa shape index (κ3) is 1.87. The second kappa shape index (κ2) is 4.11. The van der Waals surface area contributed by atoms with E-state index >= 15 is 0 Å². The number of carbonyl (C=O) groups is 2. The Morgan fingerprint density at radius 2 is 2.19 bits per heavy atom. The second-order valence-corrected chi connectivity index (χ2v) is 3.94. The molecule has 0 bridgehead atoms. The van der Waals surface area contributed by atoms with Gasteiger partial charge in [0.2, 0.25) is 0 Å². The first kappa shape index (κ1) is 10.9. The number of nitrogens with two attached hydrogens (primary N) is 1. The Labute approximate surface area is 97.1 Å². The first-order chi connectivity index (χ1) is 7.59. The topological polar surface area (TPSA) is 73.3 Å². The van der Waals surface area contributed by atoms with Gasteiger partial charge in [0, 0.05) is 12.0 Å². The average Bonchev–Trinajstić information content (AvgIpc) is 2.76. The van der Waals surface area contributed by atoms with Crippen molar-refractivity contribution >= 4 is 28.6 Å². The van der Waals surface area contributed by atoms with Gasteiger partial charge in [0.25, 0.3) is 0 Å². The van der Waals surface area contributed by atoms with E-state index in [4.69, 9.17) is 22.4 Å². The molecule has 16 heavy (non-hydrogen) atoms. The number of furan rings is 1. The molecule has 0 aliphatic heterocycles. The standard InChI is InChI=1S/C11H9NO3S/c12-9-8(13)5-6(10(14)11(9)16)4-7-2-1-3-15-7/h1-3,5,9H,4,12H2. The van der Waals surface area contributed by atoms with E-state index in [1.807, 2.05) is 0 Å². The summed E-state index contributed by atoms with van der Waals surface area (Å²) in [7, 11) is 0. The minimum absolute atomic E-state index is 0.0194. The molecule has 0 saturated heterocycles. The summed E-state index contributed by atoms with van der Waals surface area (Å²) in [5.41, 5.74) is 5.81. The summed E-state index contributed by atoms with van der Waals surface area (Å²) in [6.07, 6.45) is 3.03. The van der Waals surface area contributed by atoms with Crippen LogP contribution >= 0.6 is 12.2 Å². The van der Waals surface area contributed by atoms with Crippen molar-refractivity contribution in [1.82, 2.24) is 0 Å². The van der Waals surface area contributed by atoms with E-state index in [0.717, 1.165) is 0 Å². The fourth-order valence-electron chi connectivity index (χ4n) is 1.49. The molecule has 1 heterocycles. The summed E-state index contributed by atoms with van der Waals surface area (Å²) in [4.78, 5) is 23.1. The highest BCUT2D eigenvalue weighted by Crippen LogP contribution is 2.15. The van der Waals surface area contributed by atoms with E-state index in [1.54, 1.807) is 12.1 Å². The molecule has 1 atom stereocenters. The van der Waals surface area contributed by atoms with Crippen molar-refractivity contribution in [2.24, 2.45) is 5.73 Å². The Bertz CT molecular complexity index is 487. The number of hydrogen-bond donors (Lipinski definition) is 1. The fourth-order valence-corrected chi connectivity index (χ4v) is 1.74. The molecular formula is C11H9NO3S. The highest BCUT2D eigenvalue weighted by atomic mass is 32.1. The van der Waals surface area contributed by atoms with Gasteiger partial charge in [-0.1, -0.05) is 12.2 Å². The molecule has 82 valence electrons. The van der Waals surface area contributed by atoms with Crippen molar-refractivity contribution in [3.63, 3.8) is 0 Å². The molecule has 1 aromatic heterocycles. The molecule has 1 aromatic rings. The minimum Gasteiger partial charge on any atom is -0.469 e. The van der Waals surface area contributed by atoms with Gasteiger partial charge in [-0.25, -0.2) is 0 Å². The smallest absolute Gasteiger partial charge is 0.198 e. The number of carbonyl (C=O) groups excluding carboxylic acids is 2. The maximum Gasteiger partial charge on any atom is 0.198 e. The van der Waals surface area contributed by atoms with Gasteiger partial charge in [-0.15, -0.1) is 0 Å². The van der Waals surface area contributed by atoms with E-state index in [-0.39, 0.29) is 22.9 Å². The number of thiocarbonyl (C=S) groups is 1. The van der Waals surface area contributed by atoms with E-state index in [9.17, 15) is 9.59 Å². The Kier molecular flexibility index (Phi) is 2.80. The van der Waals surface area contributed by atoms with E-state index < -0.39 is 6.04 Å². The lowest BCUT2D eigenvalue weighted by Crippen LogP contribution is -2.45. The average molecular weight is 235 g/mol. The summed E-state index contributed by atoms with van der Waals surface area (Å²) in [6, 6.07) is 2.48. The highest BCUT2D eigenvalue weighted by Gasteiger charge is 2.31. The number of hydrogen-bond acceptors (Lipinski definition) is 5. The number of rotatable bonds is 2. The predicted molar refractivity (Wildman–Crippen MR) is 61.1 cm³/mol. The molecule has 1 aliphatic rings. The van der Waals surface area contributed by atoms with Crippen molar-refractivity contribution in [2.75, 3.05) is 0 Å². The molecule has 0 fully saturated rings. The van der Waals surface area contributed by atoms with Crippen molar-refractivity contribution < 1.29 is 14.0 Å². The molecule has 0 amide bonds. The molecule has 0 radical (unpaired) electrons. The Balaban J connectivity index is 2.28. The lowest BCUT2D eigenvalue weighted by Gasteiger charge is -2.16. The molecule has 0 saturated carbocycles. The van der Waals surface area contributed by atoms with Crippen LogP contribution in [0.25, 0.3) is 0 Å². The third-order valence-electron chi connectivity index (χ3n) is 2.37. The van der Waals surface area contributed by atoms with Crippen LogP contribution in [0.15, 0.2) is 34.5 Å². The van der Waals surface area contributed by atoms with Crippen LogP contribution < -0.4 is 5.73 Å². The normalized spacial score (nSPS) is 21.2. The third-order valence-corrected chi connectivity index (χ3v) is 2.81. The molecule has 2 N–H and O–H groups in total. The number of allylic oxidation sites excluding steroid dienone is 1. The summed E-state index contributed by atoms with van der Waals surface area (Å²) >= 11 is 4.83. The maximum atomic E-state index is 11.7. The zero-order valence-corrected chi connectivity index (χ0v) is 9.12. The second-order valence-electron chi connectivity index (χ2n) is 3.50. The molecule has 0 spiro atoms. The minimum atomic E-state index is -0.970. The molecule has 1 aliphatic carbocycles. The SMILES string of the molecule is NC1C(=O)C=C(Cc2ccco2)C(=O)C1=S. The summed E-state index contributed by atoms with van der Waals surface area (Å²) in [6.45, 7) is 0. The van der Waals surface area contributed by atoms with Crippen molar-refractivity contribution in [3.8, 4) is 0 Å². The van der Waals surface area contributed by atoms with Gasteiger partial charge < -0.3 is 10.2 Å². The van der Waals surface area contributed by atoms with Gasteiger partial charge in [-0.3, -0.25) is 9.59 Å². The van der Waals surface area contributed by atoms with Gasteiger partial charge in [-0.2, -0.15) is 0 Å². The van der Waals surface area contributed by atoms with Gasteiger partial charge in [0.1, 0.15) is 11.8 Å². The Morgan fingerprint density at radius 1 is 1.44 bits per heavy atom. The van der Waals surface area contributed by atoms with Gasteiger partial charge in [-0.05, 0) is 18.2 Å². The summed E-state index contributed by atoms with van der Waals surface area (Å²) in [5.74, 6) is -0.0460. The first-order valence-electron chi connectivity index (χ1n) is 4.70. The monoisotopic (exact) mass is 235 g/mol. The number of ketones is 2. The van der Waals surface area contributed by atoms with Gasteiger partial charge in [0.15, 0.2) is 11.6 Å². The van der Waals surface area contributed by atoms with Crippen molar-refractivity contribution in [2.45, 2.75) is 12.5 Å². The highest BCUT2D eigenvalue weighted by molar-refractivity contribution is 7.82. The van der Waals surface area contributed by atoms with Crippen LogP contribution in [0.5, 0.6) is 0 Å². The zero-order valence-electron chi connectivity index (χ0n) is 8.30. The quantitative estimate of drug-likeness (QED) is 0.760. The van der Waals surface area contributed by atoms with Crippen molar-refractivity contribution in [1.29, 1.82) is 0 Å². The van der Waals surface area contributed by atoms with Crippen LogP contribution in [0, 0.1) is 0 Å². The summed E-state index contributed by atoms with van der Waals surface area (Å²) < 4.78 is 5.10. The van der Waals surface area contributed by atoms with E-state index in [2.05, 4.69) is 0 Å². The van der Waals surface area contributed by atoms with Gasteiger partial charge >= 0.3 is 0 Å². The van der Waals surface area contributed by atoms with Crippen LogP contribution in [0.2, 0.25) is 0 Å². The van der Waals surface area contributed by atoms with Crippen LogP contribution in [-0.2, 0) is 16.0 Å². The van der Waals surface area contributed by atoms with Crippen molar-refractivity contribution in [3.05, 3.63) is 35.8 Å². The number of Topliss-reactive ketones (excluding diaryl/α,β-unsaturated/α-hetero) is 1. The van der Waals surface area contributed by atoms with Crippen LogP contribution in [0.4, 0.5) is 0 Å². The zero-order chi connectivity index (χ0) is 11.7. The Morgan fingerprint density at radius 3 is 2.81 bits per heavy atom. The fraction of sp³-hybridized carbons (Fsp3) is 0.182. The molecule has 5 heteroatoms.